The first-order chi connectivity index (χ1) is 15.0. The molecule has 1 amide bonds. The van der Waals surface area contributed by atoms with Crippen LogP contribution in [0.3, 0.4) is 0 Å². The van der Waals surface area contributed by atoms with Gasteiger partial charge in [0.05, 0.1) is 10.8 Å². The van der Waals surface area contributed by atoms with Gasteiger partial charge in [0, 0.05) is 41.8 Å². The maximum absolute atomic E-state index is 13.0. The molecule has 2 aromatic carbocycles. The van der Waals surface area contributed by atoms with E-state index in [0.29, 0.717) is 23.2 Å². The molecule has 8 heteroatoms. The van der Waals surface area contributed by atoms with Crippen molar-refractivity contribution in [3.8, 4) is 11.5 Å². The smallest absolute Gasteiger partial charge is 0.277 e. The number of rotatable bonds is 5. The maximum atomic E-state index is 13.0. The number of nitrogens with zero attached hydrogens (tertiary/aromatic N) is 3. The van der Waals surface area contributed by atoms with Gasteiger partial charge in [-0.3, -0.25) is 9.59 Å². The predicted octanol–water partition coefficient (Wildman–Crippen LogP) is 4.49. The van der Waals surface area contributed by atoms with Crippen LogP contribution in [-0.2, 0) is 11.2 Å². The summed E-state index contributed by atoms with van der Waals surface area (Å²) in [5.74, 6) is 0.423. The van der Waals surface area contributed by atoms with Gasteiger partial charge in [-0.2, -0.15) is 0 Å². The van der Waals surface area contributed by atoms with Gasteiger partial charge in [0.1, 0.15) is 0 Å². The molecule has 4 aromatic rings. The Morgan fingerprint density at radius 3 is 2.87 bits per heavy atom. The van der Waals surface area contributed by atoms with Gasteiger partial charge in [-0.05, 0) is 43.2 Å². The average Bonchev–Trinajstić information content (AvgIpc) is 3.50. The normalized spacial score (nSPS) is 14.1. The zero-order valence-electron chi connectivity index (χ0n) is 17.1. The largest absolute Gasteiger partial charge is 0.411 e. The lowest BCUT2D eigenvalue weighted by Gasteiger charge is -2.15. The lowest BCUT2D eigenvalue weighted by atomic mass is 10.0. The van der Waals surface area contributed by atoms with Gasteiger partial charge < -0.3 is 14.3 Å². The third-order valence-electron chi connectivity index (χ3n) is 5.51. The number of para-hydroxylation sites is 1. The number of H-pyrrole nitrogens is 1. The van der Waals surface area contributed by atoms with Gasteiger partial charge in [-0.1, -0.05) is 30.0 Å². The first kappa shape index (κ1) is 19.6. The second kappa shape index (κ2) is 7.70. The van der Waals surface area contributed by atoms with Crippen LogP contribution >= 0.6 is 11.8 Å². The lowest BCUT2D eigenvalue weighted by molar-refractivity contribution is -0.116. The number of nitrogens with one attached hydrogen (secondary N) is 1. The second-order valence-electron chi connectivity index (χ2n) is 7.51. The molecule has 0 spiro atoms. The Balaban J connectivity index is 1.32. The number of carbonyl (C=O) groups is 2. The summed E-state index contributed by atoms with van der Waals surface area (Å²) in [6.45, 7) is 4.05. The molecule has 1 aliphatic heterocycles. The van der Waals surface area contributed by atoms with Crippen LogP contribution in [0.4, 0.5) is 5.69 Å². The van der Waals surface area contributed by atoms with Crippen LogP contribution in [0, 0.1) is 0 Å². The number of hydrogen-bond donors (Lipinski definition) is 1. The summed E-state index contributed by atoms with van der Waals surface area (Å²) in [4.78, 5) is 29.6. The van der Waals surface area contributed by atoms with Crippen LogP contribution in [0.15, 0.2) is 58.3 Å². The molecule has 0 radical (unpaired) electrons. The van der Waals surface area contributed by atoms with Gasteiger partial charge in [-0.25, -0.2) is 0 Å². The minimum Gasteiger partial charge on any atom is -0.411 e. The fraction of sp³-hybridized carbons (Fsp3) is 0.217. The molecule has 1 atom stereocenters. The van der Waals surface area contributed by atoms with E-state index >= 15 is 0 Å². The second-order valence-corrected chi connectivity index (χ2v) is 8.80. The molecule has 31 heavy (non-hydrogen) atoms. The summed E-state index contributed by atoms with van der Waals surface area (Å²) >= 11 is 1.24. The number of fused-ring (bicyclic) bond motifs is 2. The first-order valence-corrected chi connectivity index (χ1v) is 10.9. The van der Waals surface area contributed by atoms with Gasteiger partial charge >= 0.3 is 0 Å². The molecule has 7 nitrogen and oxygen atoms in total. The van der Waals surface area contributed by atoms with Crippen molar-refractivity contribution in [2.45, 2.75) is 30.7 Å². The molecule has 1 aliphatic rings. The zero-order valence-corrected chi connectivity index (χ0v) is 17.9. The van der Waals surface area contributed by atoms with Crippen LogP contribution in [-0.4, -0.2) is 38.7 Å². The summed E-state index contributed by atoms with van der Waals surface area (Å²) in [6.07, 6.45) is 2.60. The summed E-state index contributed by atoms with van der Waals surface area (Å²) < 4.78 is 5.83. The minimum atomic E-state index is -0.389. The van der Waals surface area contributed by atoms with Gasteiger partial charge in [0.15, 0.2) is 5.78 Å². The molecule has 0 saturated heterocycles. The van der Waals surface area contributed by atoms with E-state index in [-0.39, 0.29) is 16.9 Å². The third kappa shape index (κ3) is 3.53. The number of ketones is 1. The van der Waals surface area contributed by atoms with Crippen LogP contribution in [0.2, 0.25) is 0 Å². The quantitative estimate of drug-likeness (QED) is 0.369. The van der Waals surface area contributed by atoms with Crippen molar-refractivity contribution in [2.75, 3.05) is 11.4 Å². The molecule has 0 saturated carbocycles. The van der Waals surface area contributed by atoms with Crippen molar-refractivity contribution in [3.63, 3.8) is 0 Å². The van der Waals surface area contributed by atoms with Crippen molar-refractivity contribution in [2.24, 2.45) is 0 Å². The Morgan fingerprint density at radius 1 is 1.19 bits per heavy atom. The summed E-state index contributed by atoms with van der Waals surface area (Å²) in [5, 5.41) is 9.24. The van der Waals surface area contributed by atoms with E-state index in [0.717, 1.165) is 34.1 Å². The Morgan fingerprint density at radius 2 is 2.03 bits per heavy atom. The Labute approximate surface area is 182 Å². The fourth-order valence-electron chi connectivity index (χ4n) is 3.94. The highest BCUT2D eigenvalue weighted by Crippen LogP contribution is 2.33. The number of aromatic nitrogens is 3. The standard InChI is InChI=1S/C23H20N4O3S/c1-13(21(29)16-7-8-20-15(11-16)9-10-27(20)14(2)28)31-23-26-25-22(30-23)18-12-24-19-6-4-3-5-17(18)19/h3-8,11-13,24H,9-10H2,1-2H3/t13-/m1/s1. The fourth-order valence-corrected chi connectivity index (χ4v) is 4.70. The van der Waals surface area contributed by atoms with Crippen molar-refractivity contribution >= 4 is 40.0 Å². The molecule has 3 heterocycles. The molecular weight excluding hydrogens is 412 g/mol. The molecule has 0 aliphatic carbocycles. The minimum absolute atomic E-state index is 0.0130. The first-order valence-electron chi connectivity index (χ1n) is 10.0. The highest BCUT2D eigenvalue weighted by molar-refractivity contribution is 8.00. The number of benzene rings is 2. The van der Waals surface area contributed by atoms with Gasteiger partial charge in [0.25, 0.3) is 11.1 Å². The van der Waals surface area contributed by atoms with Gasteiger partial charge in [0.2, 0.25) is 5.91 Å². The molecule has 2 aromatic heterocycles. The monoisotopic (exact) mass is 432 g/mol. The van der Waals surface area contributed by atoms with E-state index in [4.69, 9.17) is 4.42 Å². The van der Waals surface area contributed by atoms with Crippen molar-refractivity contribution in [1.82, 2.24) is 15.2 Å². The number of thioether (sulfide) groups is 1. The Hall–Kier alpha value is -3.39. The van der Waals surface area contributed by atoms with Gasteiger partial charge in [-0.15, -0.1) is 10.2 Å². The molecular formula is C23H20N4O3S. The Kier molecular flexibility index (Phi) is 4.86. The van der Waals surface area contributed by atoms with E-state index in [9.17, 15) is 9.59 Å². The maximum Gasteiger partial charge on any atom is 0.277 e. The summed E-state index contributed by atoms with van der Waals surface area (Å²) in [7, 11) is 0. The topological polar surface area (TPSA) is 92.1 Å². The third-order valence-corrected chi connectivity index (χ3v) is 6.45. The Bertz CT molecular complexity index is 1310. The SMILES string of the molecule is CC(=O)N1CCc2cc(C(=O)[C@@H](C)Sc3nnc(-c4c[nH]c5ccccc45)o3)ccc21. The molecule has 0 unspecified atom stereocenters. The highest BCUT2D eigenvalue weighted by Gasteiger charge is 2.25. The van der Waals surface area contributed by atoms with E-state index in [1.807, 2.05) is 49.5 Å². The molecule has 1 N–H and O–H groups in total. The molecule has 5 rings (SSSR count). The number of Topliss-reactive ketones (excluding diaryl/α,β-unsaturated/α-hetero) is 1. The van der Waals surface area contributed by atoms with Crippen LogP contribution in [0.25, 0.3) is 22.4 Å². The van der Waals surface area contributed by atoms with E-state index < -0.39 is 0 Å². The van der Waals surface area contributed by atoms with Crippen LogP contribution in [0.1, 0.15) is 29.8 Å². The summed E-state index contributed by atoms with van der Waals surface area (Å²) in [5.41, 5.74) is 4.37. The molecule has 156 valence electrons. The van der Waals surface area contributed by atoms with E-state index in [1.165, 1.54) is 11.8 Å². The van der Waals surface area contributed by atoms with Crippen molar-refractivity contribution < 1.29 is 14.0 Å². The van der Waals surface area contributed by atoms with Crippen molar-refractivity contribution in [3.05, 3.63) is 59.8 Å². The van der Waals surface area contributed by atoms with Crippen LogP contribution in [0.5, 0.6) is 0 Å². The number of aromatic amines is 1. The lowest BCUT2D eigenvalue weighted by Crippen LogP contribution is -2.25. The van der Waals surface area contributed by atoms with E-state index in [1.54, 1.807) is 17.9 Å². The van der Waals surface area contributed by atoms with Crippen molar-refractivity contribution in [1.29, 1.82) is 0 Å². The summed E-state index contributed by atoms with van der Waals surface area (Å²) in [6, 6.07) is 13.4. The van der Waals surface area contributed by atoms with E-state index in [2.05, 4.69) is 15.2 Å². The highest BCUT2D eigenvalue weighted by atomic mass is 32.2. The number of carbonyl (C=O) groups excluding carboxylic acids is 2. The predicted molar refractivity (Wildman–Crippen MR) is 119 cm³/mol. The number of anilines is 1. The average molecular weight is 433 g/mol. The molecule has 0 fully saturated rings. The van der Waals surface area contributed by atoms with Crippen LogP contribution < -0.4 is 4.90 Å². The zero-order chi connectivity index (χ0) is 21.5. The number of hydrogen-bond acceptors (Lipinski definition) is 6. The molecule has 0 bridgehead atoms. The number of amides is 1.